The van der Waals surface area contributed by atoms with E-state index in [1.165, 1.54) is 4.88 Å². The Bertz CT molecular complexity index is 377. The first-order chi connectivity index (χ1) is 8.40. The minimum Gasteiger partial charge on any atom is -0.388 e. The molecule has 1 aliphatic heterocycles. The van der Waals surface area contributed by atoms with Crippen LogP contribution in [0.25, 0.3) is 0 Å². The third-order valence-corrected chi connectivity index (χ3v) is 4.58. The van der Waals surface area contributed by atoms with E-state index in [-0.39, 0.29) is 5.60 Å². The molecular weight excluding hydrogens is 246 g/mol. The fourth-order valence-electron chi connectivity index (χ4n) is 2.58. The van der Waals surface area contributed by atoms with Gasteiger partial charge >= 0.3 is 0 Å². The van der Waals surface area contributed by atoms with Crippen LogP contribution in [0.5, 0.6) is 0 Å². The lowest BCUT2D eigenvalue weighted by molar-refractivity contribution is -0.142. The number of ether oxygens (including phenoxy) is 1. The molecule has 1 saturated heterocycles. The largest absolute Gasteiger partial charge is 0.388 e. The molecule has 3 nitrogen and oxygen atoms in total. The molecular formula is C14H23NO2S. The van der Waals surface area contributed by atoms with Crippen LogP contribution in [0.3, 0.4) is 0 Å². The number of hydrogen-bond donors (Lipinski definition) is 2. The summed E-state index contributed by atoms with van der Waals surface area (Å²) < 4.78 is 5.65. The van der Waals surface area contributed by atoms with Gasteiger partial charge in [0.15, 0.2) is 0 Å². The Morgan fingerprint density at radius 3 is 2.94 bits per heavy atom. The molecule has 1 aliphatic rings. The van der Waals surface area contributed by atoms with Gasteiger partial charge in [-0.1, -0.05) is 6.07 Å². The van der Waals surface area contributed by atoms with Crippen molar-refractivity contribution in [3.63, 3.8) is 0 Å². The van der Waals surface area contributed by atoms with Crippen LogP contribution in [0.15, 0.2) is 17.5 Å². The average molecular weight is 269 g/mol. The maximum Gasteiger partial charge on any atom is 0.0820 e. The highest BCUT2D eigenvalue weighted by molar-refractivity contribution is 7.10. The summed E-state index contributed by atoms with van der Waals surface area (Å²) in [5.74, 6) is 0. The summed E-state index contributed by atoms with van der Waals surface area (Å²) in [5, 5.41) is 16.1. The molecule has 2 unspecified atom stereocenters. The fourth-order valence-corrected chi connectivity index (χ4v) is 3.34. The zero-order valence-electron chi connectivity index (χ0n) is 11.4. The highest BCUT2D eigenvalue weighted by Crippen LogP contribution is 2.32. The van der Waals surface area contributed by atoms with Gasteiger partial charge in [-0.05, 0) is 32.2 Å². The Morgan fingerprint density at radius 1 is 1.56 bits per heavy atom. The molecule has 0 radical (unpaired) electrons. The second-order valence-electron chi connectivity index (χ2n) is 5.88. The van der Waals surface area contributed by atoms with Gasteiger partial charge in [0, 0.05) is 30.3 Å². The molecule has 4 heteroatoms. The van der Waals surface area contributed by atoms with Gasteiger partial charge < -0.3 is 15.2 Å². The van der Waals surface area contributed by atoms with Crippen molar-refractivity contribution in [1.82, 2.24) is 5.32 Å². The number of thiophene rings is 1. The lowest BCUT2D eigenvalue weighted by Crippen LogP contribution is -2.51. The van der Waals surface area contributed by atoms with E-state index in [9.17, 15) is 5.11 Å². The Labute approximate surface area is 113 Å². The predicted octanol–water partition coefficient (Wildman–Crippen LogP) is 2.72. The maximum atomic E-state index is 10.6. The van der Waals surface area contributed by atoms with Gasteiger partial charge in [-0.2, -0.15) is 0 Å². The number of hydrogen-bond acceptors (Lipinski definition) is 4. The highest BCUT2D eigenvalue weighted by atomic mass is 32.1. The summed E-state index contributed by atoms with van der Waals surface area (Å²) in [6.07, 6.45) is 1.39. The highest BCUT2D eigenvalue weighted by Gasteiger charge is 2.39. The Morgan fingerprint density at radius 2 is 2.33 bits per heavy atom. The quantitative estimate of drug-likeness (QED) is 0.883. The van der Waals surface area contributed by atoms with Crippen LogP contribution in [0.1, 0.15) is 44.5 Å². The Kier molecular flexibility index (Phi) is 4.11. The van der Waals surface area contributed by atoms with Crippen LogP contribution in [0.4, 0.5) is 0 Å². The van der Waals surface area contributed by atoms with Crippen LogP contribution in [-0.4, -0.2) is 29.5 Å². The molecule has 2 N–H and O–H groups in total. The zero-order valence-corrected chi connectivity index (χ0v) is 12.2. The second kappa shape index (κ2) is 5.29. The van der Waals surface area contributed by atoms with Gasteiger partial charge in [0.25, 0.3) is 0 Å². The van der Waals surface area contributed by atoms with Crippen molar-refractivity contribution in [3.8, 4) is 0 Å². The van der Waals surface area contributed by atoms with Crippen molar-refractivity contribution in [3.05, 3.63) is 22.4 Å². The van der Waals surface area contributed by atoms with E-state index in [0.717, 1.165) is 0 Å². The summed E-state index contributed by atoms with van der Waals surface area (Å²) in [6, 6.07) is 4.48. The lowest BCUT2D eigenvalue weighted by Gasteiger charge is -2.42. The first-order valence-electron chi connectivity index (χ1n) is 6.53. The lowest BCUT2D eigenvalue weighted by atomic mass is 9.84. The van der Waals surface area contributed by atoms with Crippen molar-refractivity contribution >= 4 is 11.3 Å². The fraction of sp³-hybridized carbons (Fsp3) is 0.714. The number of nitrogens with one attached hydrogen (secondary N) is 1. The standard InChI is InChI=1S/C14H23NO2S/c1-11(12-5-4-8-18-12)15-10-14(16)6-7-17-13(2,3)9-14/h4-5,8,11,15-16H,6-7,9-10H2,1-3H3. The van der Waals surface area contributed by atoms with Crippen LogP contribution in [-0.2, 0) is 4.74 Å². The van der Waals surface area contributed by atoms with E-state index >= 15 is 0 Å². The van der Waals surface area contributed by atoms with Crippen molar-refractivity contribution in [1.29, 1.82) is 0 Å². The molecule has 1 fully saturated rings. The second-order valence-corrected chi connectivity index (χ2v) is 6.86. The van der Waals surface area contributed by atoms with Gasteiger partial charge in [-0.15, -0.1) is 11.3 Å². The van der Waals surface area contributed by atoms with Gasteiger partial charge in [0.2, 0.25) is 0 Å². The summed E-state index contributed by atoms with van der Waals surface area (Å²) in [5.41, 5.74) is -0.867. The van der Waals surface area contributed by atoms with Crippen molar-refractivity contribution in [2.45, 2.75) is 50.9 Å². The molecule has 2 atom stereocenters. The third kappa shape index (κ3) is 3.54. The van der Waals surface area contributed by atoms with Crippen molar-refractivity contribution in [2.75, 3.05) is 13.2 Å². The summed E-state index contributed by atoms with van der Waals surface area (Å²) in [4.78, 5) is 1.31. The molecule has 102 valence electrons. The molecule has 18 heavy (non-hydrogen) atoms. The first-order valence-corrected chi connectivity index (χ1v) is 7.41. The molecule has 2 heterocycles. The Hall–Kier alpha value is -0.420. The molecule has 0 aliphatic carbocycles. The van der Waals surface area contributed by atoms with E-state index < -0.39 is 5.60 Å². The SMILES string of the molecule is CC(NCC1(O)CCOC(C)(C)C1)c1cccs1. The van der Waals surface area contributed by atoms with Crippen LogP contribution in [0, 0.1) is 0 Å². The molecule has 1 aromatic rings. The number of rotatable bonds is 4. The van der Waals surface area contributed by atoms with E-state index in [2.05, 4.69) is 29.8 Å². The van der Waals surface area contributed by atoms with Crippen LogP contribution < -0.4 is 5.32 Å². The average Bonchev–Trinajstić information content (AvgIpc) is 2.77. The first kappa shape index (κ1) is 14.0. The van der Waals surface area contributed by atoms with E-state index in [4.69, 9.17) is 4.74 Å². The van der Waals surface area contributed by atoms with Gasteiger partial charge in [0.1, 0.15) is 0 Å². The van der Waals surface area contributed by atoms with Crippen molar-refractivity contribution < 1.29 is 9.84 Å². The van der Waals surface area contributed by atoms with Crippen molar-refractivity contribution in [2.24, 2.45) is 0 Å². The third-order valence-electron chi connectivity index (χ3n) is 3.52. The topological polar surface area (TPSA) is 41.5 Å². The van der Waals surface area contributed by atoms with Crippen LogP contribution >= 0.6 is 11.3 Å². The summed E-state index contributed by atoms with van der Waals surface area (Å²) >= 11 is 1.75. The number of aliphatic hydroxyl groups is 1. The minimum absolute atomic E-state index is 0.221. The predicted molar refractivity (Wildman–Crippen MR) is 75.0 cm³/mol. The minimum atomic E-state index is -0.646. The monoisotopic (exact) mass is 269 g/mol. The van der Waals surface area contributed by atoms with Gasteiger partial charge in [-0.25, -0.2) is 0 Å². The molecule has 0 aromatic carbocycles. The van der Waals surface area contributed by atoms with Gasteiger partial charge in [0.05, 0.1) is 17.8 Å². The molecule has 0 spiro atoms. The zero-order chi connectivity index (χ0) is 13.2. The van der Waals surface area contributed by atoms with E-state index in [1.807, 2.05) is 13.8 Å². The summed E-state index contributed by atoms with van der Waals surface area (Å²) in [6.45, 7) is 7.48. The molecule has 1 aromatic heterocycles. The Balaban J connectivity index is 1.89. The maximum absolute atomic E-state index is 10.6. The molecule has 0 amide bonds. The van der Waals surface area contributed by atoms with Crippen LogP contribution in [0.2, 0.25) is 0 Å². The summed E-state index contributed by atoms with van der Waals surface area (Å²) in [7, 11) is 0. The molecule has 0 saturated carbocycles. The smallest absolute Gasteiger partial charge is 0.0820 e. The molecule has 0 bridgehead atoms. The van der Waals surface area contributed by atoms with E-state index in [1.54, 1.807) is 11.3 Å². The van der Waals surface area contributed by atoms with E-state index in [0.29, 0.717) is 32.0 Å². The van der Waals surface area contributed by atoms with Gasteiger partial charge in [-0.3, -0.25) is 0 Å². The normalized spacial score (nSPS) is 29.1. The molecule has 2 rings (SSSR count).